The first-order chi connectivity index (χ1) is 29.4. The Labute approximate surface area is 367 Å². The molecule has 4 N–H and O–H groups in total. The van der Waals surface area contributed by atoms with Crippen LogP contribution in [-0.4, -0.2) is 70.4 Å². The van der Waals surface area contributed by atoms with Crippen molar-refractivity contribution in [1.82, 2.24) is 0 Å². The number of unbranched alkanes of at least 4 members (excludes halogenated alkanes) is 14. The van der Waals surface area contributed by atoms with E-state index in [1.54, 1.807) is 0 Å². The van der Waals surface area contributed by atoms with E-state index in [1.807, 2.05) is 0 Å². The molecule has 0 saturated carbocycles. The summed E-state index contributed by atoms with van der Waals surface area (Å²) in [6.45, 7) is 1.59. The molecule has 61 heavy (non-hydrogen) atoms. The molecule has 13 nitrogen and oxygen atoms in total. The quantitative estimate of drug-likeness (QED) is 0.0196. The monoisotopic (exact) mass is 903 g/mol. The first-order valence-electron chi connectivity index (χ1n) is 22.6. The molecule has 0 aromatic rings. The highest BCUT2D eigenvalue weighted by Crippen LogP contribution is 2.43. The average molecular weight is 903 g/mol. The van der Waals surface area contributed by atoms with Gasteiger partial charge in [0, 0.05) is 12.8 Å². The Kier molecular flexibility index (Phi) is 39.9. The summed E-state index contributed by atoms with van der Waals surface area (Å²) in [6.07, 6.45) is 46.0. The number of hydrogen-bond acceptors (Lipinski definition) is 10. The maximum atomic E-state index is 12.7. The van der Waals surface area contributed by atoms with Crippen molar-refractivity contribution in [2.24, 2.45) is 0 Å². The Morgan fingerprint density at radius 1 is 0.492 bits per heavy atom. The molecule has 3 atom stereocenters. The predicted octanol–water partition coefficient (Wildman–Crippen LogP) is 11.8. The van der Waals surface area contributed by atoms with E-state index < -0.39 is 66.2 Å². The zero-order valence-electron chi connectivity index (χ0n) is 37.2. The van der Waals surface area contributed by atoms with E-state index in [2.05, 4.69) is 95.8 Å². The second-order valence-electron chi connectivity index (χ2n) is 14.9. The fourth-order valence-electron chi connectivity index (χ4n) is 5.66. The van der Waals surface area contributed by atoms with Crippen molar-refractivity contribution in [2.75, 3.05) is 26.4 Å². The van der Waals surface area contributed by atoms with Crippen LogP contribution >= 0.6 is 15.6 Å². The normalized spacial score (nSPS) is 14.7. The molecular formula is C46H80O13P2. The molecule has 0 heterocycles. The first kappa shape index (κ1) is 58.6. The van der Waals surface area contributed by atoms with Crippen molar-refractivity contribution in [3.05, 3.63) is 72.9 Å². The topological polar surface area (TPSA) is 195 Å². The Morgan fingerprint density at radius 2 is 0.902 bits per heavy atom. The minimum atomic E-state index is -4.87. The van der Waals surface area contributed by atoms with Crippen LogP contribution < -0.4 is 0 Å². The number of phosphoric acid groups is 2. The number of ether oxygens (including phenoxy) is 2. The highest BCUT2D eigenvalue weighted by Gasteiger charge is 2.28. The summed E-state index contributed by atoms with van der Waals surface area (Å²) >= 11 is 0. The number of hydrogen-bond donors (Lipinski definition) is 4. The number of aliphatic hydroxyl groups excluding tert-OH is 1. The van der Waals surface area contributed by atoms with Gasteiger partial charge in [0.2, 0.25) is 0 Å². The third-order valence-corrected chi connectivity index (χ3v) is 10.5. The van der Waals surface area contributed by atoms with Gasteiger partial charge >= 0.3 is 27.6 Å². The Hall–Kier alpha value is -2.44. The van der Waals surface area contributed by atoms with Crippen LogP contribution in [0.5, 0.6) is 0 Å². The summed E-state index contributed by atoms with van der Waals surface area (Å²) in [6, 6.07) is 0. The third-order valence-electron chi connectivity index (χ3n) is 9.07. The molecule has 0 aromatic carbocycles. The second-order valence-corrected chi connectivity index (χ2v) is 17.6. The highest BCUT2D eigenvalue weighted by molar-refractivity contribution is 7.47. The molecule has 0 bridgehead atoms. The first-order valence-corrected chi connectivity index (χ1v) is 25.7. The Balaban J connectivity index is 4.59. The average Bonchev–Trinajstić information content (AvgIpc) is 3.22. The number of esters is 2. The smallest absolute Gasteiger partial charge is 0.462 e. The van der Waals surface area contributed by atoms with Gasteiger partial charge in [0.1, 0.15) is 12.7 Å². The van der Waals surface area contributed by atoms with Crippen molar-refractivity contribution in [1.29, 1.82) is 0 Å². The largest absolute Gasteiger partial charge is 0.472 e. The fourth-order valence-corrected chi connectivity index (χ4v) is 6.82. The fraction of sp³-hybridized carbons (Fsp3) is 0.696. The number of rotatable bonds is 42. The summed E-state index contributed by atoms with van der Waals surface area (Å²) in [4.78, 5) is 52.7. The zero-order valence-corrected chi connectivity index (χ0v) is 39.0. The van der Waals surface area contributed by atoms with Gasteiger partial charge in [-0.2, -0.15) is 0 Å². The lowest BCUT2D eigenvalue weighted by molar-refractivity contribution is -0.161. The number of allylic oxidation sites excluding steroid dienone is 12. The van der Waals surface area contributed by atoms with Gasteiger partial charge in [-0.3, -0.25) is 23.2 Å². The maximum absolute atomic E-state index is 12.7. The van der Waals surface area contributed by atoms with Gasteiger partial charge in [-0.15, -0.1) is 0 Å². The van der Waals surface area contributed by atoms with Crippen molar-refractivity contribution in [3.8, 4) is 0 Å². The van der Waals surface area contributed by atoms with Crippen LogP contribution in [0.1, 0.15) is 168 Å². The lowest BCUT2D eigenvalue weighted by Gasteiger charge is -2.20. The van der Waals surface area contributed by atoms with Crippen LogP contribution in [0.3, 0.4) is 0 Å². The van der Waals surface area contributed by atoms with Crippen molar-refractivity contribution in [2.45, 2.75) is 180 Å². The van der Waals surface area contributed by atoms with Gasteiger partial charge in [0.05, 0.1) is 19.8 Å². The number of aliphatic hydroxyl groups is 1. The predicted molar refractivity (Wildman–Crippen MR) is 244 cm³/mol. The van der Waals surface area contributed by atoms with Crippen molar-refractivity contribution >= 4 is 27.6 Å². The van der Waals surface area contributed by atoms with E-state index in [1.165, 1.54) is 38.5 Å². The molecule has 3 unspecified atom stereocenters. The van der Waals surface area contributed by atoms with Crippen LogP contribution in [0.15, 0.2) is 72.9 Å². The Bertz CT molecular complexity index is 1350. The van der Waals surface area contributed by atoms with E-state index in [-0.39, 0.29) is 12.8 Å². The van der Waals surface area contributed by atoms with E-state index in [9.17, 15) is 28.7 Å². The lowest BCUT2D eigenvalue weighted by Crippen LogP contribution is -2.30. The van der Waals surface area contributed by atoms with Crippen LogP contribution in [0.2, 0.25) is 0 Å². The van der Waals surface area contributed by atoms with Crippen LogP contribution in [-0.2, 0) is 41.8 Å². The lowest BCUT2D eigenvalue weighted by atomic mass is 10.1. The van der Waals surface area contributed by atoms with Crippen LogP contribution in [0, 0.1) is 0 Å². The molecule has 0 saturated heterocycles. The van der Waals surface area contributed by atoms with Gasteiger partial charge in [0.25, 0.3) is 0 Å². The molecule has 0 rings (SSSR count). The molecule has 0 aliphatic heterocycles. The molecular weight excluding hydrogens is 822 g/mol. The standard InChI is InChI=1S/C46H80O13P2/c1-3-5-7-9-11-13-15-17-19-20-21-22-24-26-28-30-32-34-36-38-46(49)59-44(42-58-61(53,54)57-40-43(47)39-56-60(50,51)52)41-55-45(48)37-35-33-31-29-27-25-23-18-16-14-12-10-8-6-4-2/h5,7,11,13,17-19,21-23,26,28,43-44,47H,3-4,6,8-10,12,14-16,20,24-25,27,29-42H2,1-2H3,(H,53,54)(H2,50,51,52). The van der Waals surface area contributed by atoms with Crippen molar-refractivity contribution in [3.63, 3.8) is 0 Å². The molecule has 0 radical (unpaired) electrons. The highest BCUT2D eigenvalue weighted by atomic mass is 31.2. The van der Waals surface area contributed by atoms with Crippen LogP contribution in [0.25, 0.3) is 0 Å². The summed E-state index contributed by atoms with van der Waals surface area (Å²) in [7, 11) is -9.69. The van der Waals surface area contributed by atoms with E-state index >= 15 is 0 Å². The van der Waals surface area contributed by atoms with Gasteiger partial charge in [-0.25, -0.2) is 9.13 Å². The van der Waals surface area contributed by atoms with E-state index in [0.717, 1.165) is 89.9 Å². The molecule has 0 amide bonds. The SMILES string of the molecule is CCC=CCC=CCC=CCC=CCC=CCCCCCC(=O)OC(COC(=O)CCCCCCCC=CCCCCCCCC)COP(=O)(O)OCC(O)COP(=O)(O)O. The molecule has 15 heteroatoms. The van der Waals surface area contributed by atoms with Gasteiger partial charge in [0.15, 0.2) is 6.10 Å². The second kappa shape index (κ2) is 41.6. The number of carbonyl (C=O) groups is 2. The van der Waals surface area contributed by atoms with E-state index in [0.29, 0.717) is 12.8 Å². The summed E-state index contributed by atoms with van der Waals surface area (Å²) in [5.41, 5.74) is 0. The summed E-state index contributed by atoms with van der Waals surface area (Å²) < 4.78 is 47.8. The summed E-state index contributed by atoms with van der Waals surface area (Å²) in [5.74, 6) is -1.08. The van der Waals surface area contributed by atoms with Gasteiger partial charge in [-0.1, -0.05) is 145 Å². The van der Waals surface area contributed by atoms with Crippen LogP contribution in [0.4, 0.5) is 0 Å². The molecule has 0 fully saturated rings. The molecule has 0 spiro atoms. The number of carbonyl (C=O) groups excluding carboxylic acids is 2. The zero-order chi connectivity index (χ0) is 45.1. The third kappa shape index (κ3) is 45.4. The van der Waals surface area contributed by atoms with E-state index in [4.69, 9.17) is 23.8 Å². The molecule has 0 aliphatic rings. The van der Waals surface area contributed by atoms with Gasteiger partial charge in [-0.05, 0) is 83.5 Å². The molecule has 0 aromatic heterocycles. The minimum Gasteiger partial charge on any atom is -0.462 e. The molecule has 0 aliphatic carbocycles. The van der Waals surface area contributed by atoms with Gasteiger partial charge < -0.3 is 29.3 Å². The van der Waals surface area contributed by atoms with Crippen molar-refractivity contribution < 1.29 is 61.6 Å². The Morgan fingerprint density at radius 3 is 1.43 bits per heavy atom. The number of phosphoric ester groups is 2. The maximum Gasteiger partial charge on any atom is 0.472 e. The minimum absolute atomic E-state index is 0.0874. The summed E-state index contributed by atoms with van der Waals surface area (Å²) in [5, 5.41) is 9.75. The molecule has 352 valence electrons.